The fourth-order valence-electron chi connectivity index (χ4n) is 4.05. The first-order valence-electron chi connectivity index (χ1n) is 8.79. The van der Waals surface area contributed by atoms with E-state index in [2.05, 4.69) is 10.6 Å². The molecule has 3 aliphatic heterocycles. The SMILES string of the molecule is COc1cc2c(cc1S(=O)(=O)N1CCC3(CCNCC3)C1)OCC(=O)N2. The highest BCUT2D eigenvalue weighted by molar-refractivity contribution is 7.89. The molecule has 0 aromatic heterocycles. The zero-order valence-electron chi connectivity index (χ0n) is 14.7. The van der Waals surface area contributed by atoms with Crippen molar-refractivity contribution in [3.63, 3.8) is 0 Å². The largest absolute Gasteiger partial charge is 0.495 e. The minimum Gasteiger partial charge on any atom is -0.495 e. The molecule has 0 aliphatic carbocycles. The van der Waals surface area contributed by atoms with E-state index >= 15 is 0 Å². The van der Waals surface area contributed by atoms with Crippen LogP contribution in [0.3, 0.4) is 0 Å². The number of piperidine rings is 1. The number of hydrogen-bond donors (Lipinski definition) is 2. The van der Waals surface area contributed by atoms with Crippen molar-refractivity contribution < 1.29 is 22.7 Å². The van der Waals surface area contributed by atoms with Gasteiger partial charge in [0.05, 0.1) is 12.8 Å². The number of carbonyl (C=O) groups is 1. The molecule has 3 heterocycles. The summed E-state index contributed by atoms with van der Waals surface area (Å²) in [6, 6.07) is 2.96. The molecular weight excluding hydrogens is 358 g/mol. The first-order valence-corrected chi connectivity index (χ1v) is 10.2. The summed E-state index contributed by atoms with van der Waals surface area (Å²) in [5, 5.41) is 6.01. The molecule has 2 fully saturated rings. The predicted octanol–water partition coefficient (Wildman–Crippen LogP) is 0.790. The Morgan fingerprint density at radius 2 is 2.00 bits per heavy atom. The highest BCUT2D eigenvalue weighted by Gasteiger charge is 2.44. The summed E-state index contributed by atoms with van der Waals surface area (Å²) in [4.78, 5) is 11.6. The van der Waals surface area contributed by atoms with Crippen molar-refractivity contribution in [1.29, 1.82) is 0 Å². The van der Waals surface area contributed by atoms with E-state index in [1.807, 2.05) is 0 Å². The third-order valence-corrected chi connectivity index (χ3v) is 7.45. The van der Waals surface area contributed by atoms with E-state index in [1.165, 1.54) is 19.2 Å². The number of nitrogens with zero attached hydrogens (tertiary/aromatic N) is 1. The second-order valence-electron chi connectivity index (χ2n) is 7.17. The fraction of sp³-hybridized carbons (Fsp3) is 0.588. The molecule has 2 N–H and O–H groups in total. The molecule has 9 heteroatoms. The molecule has 0 radical (unpaired) electrons. The molecule has 4 rings (SSSR count). The van der Waals surface area contributed by atoms with E-state index < -0.39 is 10.0 Å². The van der Waals surface area contributed by atoms with Crippen LogP contribution in [0.4, 0.5) is 5.69 Å². The molecule has 1 spiro atoms. The minimum atomic E-state index is -3.71. The maximum atomic E-state index is 13.3. The Balaban J connectivity index is 1.66. The van der Waals surface area contributed by atoms with Gasteiger partial charge in [0.1, 0.15) is 16.4 Å². The second kappa shape index (κ2) is 6.40. The number of hydrogen-bond acceptors (Lipinski definition) is 6. The van der Waals surface area contributed by atoms with Crippen LogP contribution in [0.5, 0.6) is 11.5 Å². The van der Waals surface area contributed by atoms with Crippen molar-refractivity contribution >= 4 is 21.6 Å². The van der Waals surface area contributed by atoms with Crippen molar-refractivity contribution in [2.45, 2.75) is 24.2 Å². The Labute approximate surface area is 152 Å². The van der Waals surface area contributed by atoms with Crippen LogP contribution < -0.4 is 20.1 Å². The molecule has 0 saturated carbocycles. The van der Waals surface area contributed by atoms with Crippen LogP contribution in [-0.2, 0) is 14.8 Å². The smallest absolute Gasteiger partial charge is 0.262 e. The zero-order valence-corrected chi connectivity index (χ0v) is 15.5. The number of fused-ring (bicyclic) bond motifs is 1. The summed E-state index contributed by atoms with van der Waals surface area (Å²) in [6.45, 7) is 2.79. The van der Waals surface area contributed by atoms with Gasteiger partial charge in [0.15, 0.2) is 6.61 Å². The molecule has 1 amide bonds. The van der Waals surface area contributed by atoms with E-state index in [-0.39, 0.29) is 28.6 Å². The summed E-state index contributed by atoms with van der Waals surface area (Å²) in [5.74, 6) is 0.281. The summed E-state index contributed by atoms with van der Waals surface area (Å²) in [7, 11) is -2.29. The van der Waals surface area contributed by atoms with E-state index in [0.717, 1.165) is 32.4 Å². The molecule has 0 bridgehead atoms. The Bertz CT molecular complexity index is 833. The lowest BCUT2D eigenvalue weighted by Gasteiger charge is -2.33. The average molecular weight is 381 g/mol. The van der Waals surface area contributed by atoms with Crippen LogP contribution in [0, 0.1) is 5.41 Å². The third kappa shape index (κ3) is 2.93. The monoisotopic (exact) mass is 381 g/mol. The quantitative estimate of drug-likeness (QED) is 0.804. The zero-order chi connectivity index (χ0) is 18.4. The predicted molar refractivity (Wildman–Crippen MR) is 95.0 cm³/mol. The number of anilines is 1. The Morgan fingerprint density at radius 3 is 2.73 bits per heavy atom. The first-order chi connectivity index (χ1) is 12.4. The maximum absolute atomic E-state index is 13.3. The van der Waals surface area contributed by atoms with Crippen molar-refractivity contribution in [1.82, 2.24) is 9.62 Å². The lowest BCUT2D eigenvalue weighted by Crippen LogP contribution is -2.39. The van der Waals surface area contributed by atoms with E-state index in [1.54, 1.807) is 4.31 Å². The molecule has 0 atom stereocenters. The van der Waals surface area contributed by atoms with Gasteiger partial charge in [-0.3, -0.25) is 4.79 Å². The van der Waals surface area contributed by atoms with Gasteiger partial charge in [-0.2, -0.15) is 4.31 Å². The standard InChI is InChI=1S/C17H23N3O5S/c1-24-14-8-12-13(25-10-16(21)19-12)9-15(14)26(22,23)20-7-4-17(11-20)2-5-18-6-3-17/h8-9,18H,2-7,10-11H2,1H3,(H,19,21). The van der Waals surface area contributed by atoms with Crippen LogP contribution in [0.25, 0.3) is 0 Å². The molecule has 0 unspecified atom stereocenters. The summed E-state index contributed by atoms with van der Waals surface area (Å²) < 4.78 is 38.8. The van der Waals surface area contributed by atoms with Gasteiger partial charge < -0.3 is 20.1 Å². The summed E-state index contributed by atoms with van der Waals surface area (Å²) in [6.07, 6.45) is 2.87. The Morgan fingerprint density at radius 1 is 1.23 bits per heavy atom. The van der Waals surface area contributed by atoms with Crippen LogP contribution in [0.1, 0.15) is 19.3 Å². The van der Waals surface area contributed by atoms with Crippen LogP contribution in [0.2, 0.25) is 0 Å². The lowest BCUT2D eigenvalue weighted by atomic mass is 9.78. The third-order valence-electron chi connectivity index (χ3n) is 5.58. The van der Waals surface area contributed by atoms with Gasteiger partial charge in [-0.25, -0.2) is 8.42 Å². The number of sulfonamides is 1. The van der Waals surface area contributed by atoms with E-state index in [9.17, 15) is 13.2 Å². The summed E-state index contributed by atoms with van der Waals surface area (Å²) >= 11 is 0. The van der Waals surface area contributed by atoms with Gasteiger partial charge >= 0.3 is 0 Å². The van der Waals surface area contributed by atoms with Gasteiger partial charge in [0.2, 0.25) is 10.0 Å². The number of nitrogens with one attached hydrogen (secondary N) is 2. The molecule has 26 heavy (non-hydrogen) atoms. The Hall–Kier alpha value is -1.84. The number of carbonyl (C=O) groups excluding carboxylic acids is 1. The van der Waals surface area contributed by atoms with Gasteiger partial charge in [-0.05, 0) is 37.8 Å². The molecule has 2 saturated heterocycles. The number of methoxy groups -OCH3 is 1. The highest BCUT2D eigenvalue weighted by Crippen LogP contribution is 2.43. The molecule has 1 aromatic rings. The molecule has 8 nitrogen and oxygen atoms in total. The van der Waals surface area contributed by atoms with Crippen molar-refractivity contribution in [2.75, 3.05) is 45.2 Å². The number of amides is 1. The van der Waals surface area contributed by atoms with Crippen LogP contribution in [-0.4, -0.2) is 58.5 Å². The number of ether oxygens (including phenoxy) is 2. The van der Waals surface area contributed by atoms with Gasteiger partial charge in [0, 0.05) is 25.2 Å². The van der Waals surface area contributed by atoms with Gasteiger partial charge in [0.25, 0.3) is 5.91 Å². The number of rotatable bonds is 3. The highest BCUT2D eigenvalue weighted by atomic mass is 32.2. The Kier molecular flexibility index (Phi) is 4.32. The van der Waals surface area contributed by atoms with Crippen LogP contribution in [0.15, 0.2) is 17.0 Å². The van der Waals surface area contributed by atoms with E-state index in [0.29, 0.717) is 24.5 Å². The topological polar surface area (TPSA) is 97.0 Å². The first kappa shape index (κ1) is 17.6. The molecular formula is C17H23N3O5S. The second-order valence-corrected chi connectivity index (χ2v) is 9.08. The molecule has 3 aliphatic rings. The fourth-order valence-corrected chi connectivity index (χ4v) is 5.76. The van der Waals surface area contributed by atoms with Crippen molar-refractivity contribution in [3.8, 4) is 11.5 Å². The summed E-state index contributed by atoms with van der Waals surface area (Å²) in [5.41, 5.74) is 0.498. The van der Waals surface area contributed by atoms with Gasteiger partial charge in [-0.1, -0.05) is 0 Å². The van der Waals surface area contributed by atoms with Crippen molar-refractivity contribution in [3.05, 3.63) is 12.1 Å². The van der Waals surface area contributed by atoms with Crippen molar-refractivity contribution in [2.24, 2.45) is 5.41 Å². The number of benzene rings is 1. The molecule has 1 aromatic carbocycles. The van der Waals surface area contributed by atoms with Crippen LogP contribution >= 0.6 is 0 Å². The normalized spacial score (nSPS) is 22.6. The average Bonchev–Trinajstić information content (AvgIpc) is 3.05. The lowest BCUT2D eigenvalue weighted by molar-refractivity contribution is -0.118. The minimum absolute atomic E-state index is 0.0736. The molecule has 142 valence electrons. The van der Waals surface area contributed by atoms with E-state index in [4.69, 9.17) is 9.47 Å². The van der Waals surface area contributed by atoms with Gasteiger partial charge in [-0.15, -0.1) is 0 Å². The maximum Gasteiger partial charge on any atom is 0.262 e.